The van der Waals surface area contributed by atoms with E-state index in [0.29, 0.717) is 6.61 Å². The average molecular weight is 209 g/mol. The van der Waals surface area contributed by atoms with E-state index in [0.717, 1.165) is 12.1 Å². The Hall–Kier alpha value is -1.75. The number of hydrazine groups is 1. The Balaban J connectivity index is 2.67. The molecule has 0 bridgehead atoms. The highest BCUT2D eigenvalue weighted by Gasteiger charge is 2.07. The minimum Gasteiger partial charge on any atom is -0.350 e. The van der Waals surface area contributed by atoms with Crippen LogP contribution in [0.4, 0.5) is 10.5 Å². The highest BCUT2D eigenvalue weighted by molar-refractivity contribution is 5.73. The molecule has 0 spiro atoms. The summed E-state index contributed by atoms with van der Waals surface area (Å²) in [7, 11) is 0. The first-order valence-electron chi connectivity index (χ1n) is 4.78. The highest BCUT2D eigenvalue weighted by atomic mass is 16.7. The van der Waals surface area contributed by atoms with Gasteiger partial charge >= 0.3 is 6.03 Å². The van der Waals surface area contributed by atoms with Gasteiger partial charge in [0.15, 0.2) is 0 Å². The summed E-state index contributed by atoms with van der Waals surface area (Å²) in [6.45, 7) is 2.49. The van der Waals surface area contributed by atoms with Crippen molar-refractivity contribution in [2.75, 3.05) is 11.8 Å². The second kappa shape index (κ2) is 5.87. The molecule has 0 radical (unpaired) electrons. The van der Waals surface area contributed by atoms with Crippen LogP contribution in [0.1, 0.15) is 13.3 Å². The number of urea groups is 1. The van der Waals surface area contributed by atoms with Gasteiger partial charge in [0.2, 0.25) is 0 Å². The third-order valence-electron chi connectivity index (χ3n) is 1.63. The van der Waals surface area contributed by atoms with Crippen molar-refractivity contribution in [1.29, 1.82) is 0 Å². The summed E-state index contributed by atoms with van der Waals surface area (Å²) < 4.78 is 0. The molecule has 0 fully saturated rings. The van der Waals surface area contributed by atoms with Gasteiger partial charge < -0.3 is 5.73 Å². The van der Waals surface area contributed by atoms with Crippen LogP contribution < -0.4 is 16.3 Å². The van der Waals surface area contributed by atoms with Crippen molar-refractivity contribution in [3.8, 4) is 0 Å². The van der Waals surface area contributed by atoms with E-state index in [9.17, 15) is 4.79 Å². The van der Waals surface area contributed by atoms with Crippen LogP contribution in [0.15, 0.2) is 30.3 Å². The Labute approximate surface area is 88.7 Å². The lowest BCUT2D eigenvalue weighted by atomic mass is 10.3. The van der Waals surface area contributed by atoms with E-state index >= 15 is 0 Å². The molecule has 0 aliphatic heterocycles. The maximum absolute atomic E-state index is 10.7. The number of amides is 2. The van der Waals surface area contributed by atoms with Crippen LogP contribution in [0.2, 0.25) is 0 Å². The average Bonchev–Trinajstić information content (AvgIpc) is 2.25. The predicted octanol–water partition coefficient (Wildman–Crippen LogP) is 1.42. The van der Waals surface area contributed by atoms with Crippen LogP contribution >= 0.6 is 0 Å². The minimum absolute atomic E-state index is 0.509. The lowest BCUT2D eigenvalue weighted by Gasteiger charge is -2.22. The Morgan fingerprint density at radius 2 is 2.13 bits per heavy atom. The lowest BCUT2D eigenvalue weighted by Crippen LogP contribution is -2.45. The van der Waals surface area contributed by atoms with Crippen LogP contribution in [0.5, 0.6) is 0 Å². The van der Waals surface area contributed by atoms with E-state index < -0.39 is 6.03 Å². The summed E-state index contributed by atoms with van der Waals surface area (Å²) in [5, 5.41) is 1.27. The summed E-state index contributed by atoms with van der Waals surface area (Å²) in [5.41, 5.74) is 8.14. The summed E-state index contributed by atoms with van der Waals surface area (Å²) in [6, 6.07) is 8.54. The second-order valence-electron chi connectivity index (χ2n) is 2.94. The monoisotopic (exact) mass is 209 g/mol. The fourth-order valence-electron chi connectivity index (χ4n) is 1.02. The van der Waals surface area contributed by atoms with Gasteiger partial charge in [-0.15, -0.1) is 0 Å². The molecule has 1 aromatic carbocycles. The number of para-hydroxylation sites is 1. The van der Waals surface area contributed by atoms with Gasteiger partial charge in [-0.1, -0.05) is 25.1 Å². The first kappa shape index (κ1) is 11.3. The summed E-state index contributed by atoms with van der Waals surface area (Å²) in [6.07, 6.45) is 0.851. The Morgan fingerprint density at radius 1 is 1.47 bits per heavy atom. The van der Waals surface area contributed by atoms with E-state index in [1.165, 1.54) is 5.17 Å². The molecule has 15 heavy (non-hydrogen) atoms. The first-order chi connectivity index (χ1) is 7.24. The van der Waals surface area contributed by atoms with Gasteiger partial charge in [0.25, 0.3) is 0 Å². The topological polar surface area (TPSA) is 67.6 Å². The number of carbonyl (C=O) groups is 1. The number of nitrogens with one attached hydrogen (secondary N) is 1. The third kappa shape index (κ3) is 3.86. The molecule has 1 rings (SSSR count). The van der Waals surface area contributed by atoms with Gasteiger partial charge in [0.1, 0.15) is 0 Å². The molecule has 5 nitrogen and oxygen atoms in total. The molecule has 0 saturated carbocycles. The molecule has 0 unspecified atom stereocenters. The number of nitrogens with zero attached hydrogens (tertiary/aromatic N) is 1. The van der Waals surface area contributed by atoms with Gasteiger partial charge in [0, 0.05) is 0 Å². The quantitative estimate of drug-likeness (QED) is 0.720. The number of carbonyl (C=O) groups excluding carboxylic acids is 1. The molecule has 0 heterocycles. The smallest absolute Gasteiger partial charge is 0.332 e. The number of primary amides is 1. The van der Waals surface area contributed by atoms with Gasteiger partial charge in [-0.3, -0.25) is 4.84 Å². The van der Waals surface area contributed by atoms with Gasteiger partial charge in [-0.05, 0) is 18.6 Å². The van der Waals surface area contributed by atoms with Crippen LogP contribution in [-0.2, 0) is 4.84 Å². The number of hydrogen-bond acceptors (Lipinski definition) is 3. The third-order valence-corrected chi connectivity index (χ3v) is 1.63. The Kier molecular flexibility index (Phi) is 4.43. The molecule has 5 heteroatoms. The molecule has 0 saturated heterocycles. The molecule has 1 aromatic rings. The number of anilines is 1. The second-order valence-corrected chi connectivity index (χ2v) is 2.94. The summed E-state index contributed by atoms with van der Waals surface area (Å²) in [4.78, 5) is 16.0. The van der Waals surface area contributed by atoms with E-state index in [1.54, 1.807) is 0 Å². The van der Waals surface area contributed by atoms with Crippen molar-refractivity contribution >= 4 is 11.7 Å². The van der Waals surface area contributed by atoms with Crippen LogP contribution in [-0.4, -0.2) is 12.6 Å². The minimum atomic E-state index is -0.657. The zero-order valence-electron chi connectivity index (χ0n) is 8.64. The molecule has 0 aromatic heterocycles. The van der Waals surface area contributed by atoms with Crippen LogP contribution in [0, 0.1) is 0 Å². The van der Waals surface area contributed by atoms with Gasteiger partial charge in [-0.2, -0.15) is 5.17 Å². The van der Waals surface area contributed by atoms with Crippen molar-refractivity contribution < 1.29 is 9.63 Å². The van der Waals surface area contributed by atoms with Crippen LogP contribution in [0.3, 0.4) is 0 Å². The van der Waals surface area contributed by atoms with Gasteiger partial charge in [0.05, 0.1) is 12.3 Å². The standard InChI is InChI=1S/C10H15N3O2/c1-2-8-15-13(12-10(11)14)9-6-4-3-5-7-9/h3-7H,2,8H2,1H3,(H3,11,12,14). The molecule has 0 atom stereocenters. The Morgan fingerprint density at radius 3 is 2.67 bits per heavy atom. The van der Waals surface area contributed by atoms with E-state index in [-0.39, 0.29) is 0 Å². The maximum atomic E-state index is 10.7. The zero-order chi connectivity index (χ0) is 11.1. The normalized spacial score (nSPS) is 9.67. The van der Waals surface area contributed by atoms with E-state index in [1.807, 2.05) is 37.3 Å². The van der Waals surface area contributed by atoms with Crippen molar-refractivity contribution in [1.82, 2.24) is 5.43 Å². The fraction of sp³-hybridized carbons (Fsp3) is 0.300. The predicted molar refractivity (Wildman–Crippen MR) is 57.9 cm³/mol. The van der Waals surface area contributed by atoms with E-state index in [2.05, 4.69) is 5.43 Å². The highest BCUT2D eigenvalue weighted by Crippen LogP contribution is 2.11. The molecule has 0 aliphatic carbocycles. The zero-order valence-corrected chi connectivity index (χ0v) is 8.64. The number of hydrogen-bond donors (Lipinski definition) is 2. The van der Waals surface area contributed by atoms with Crippen LogP contribution in [0.25, 0.3) is 0 Å². The van der Waals surface area contributed by atoms with Crippen molar-refractivity contribution in [3.05, 3.63) is 30.3 Å². The molecule has 2 amide bonds. The number of rotatable bonds is 5. The lowest BCUT2D eigenvalue weighted by molar-refractivity contribution is 0.0891. The molecular formula is C10H15N3O2. The largest absolute Gasteiger partial charge is 0.350 e. The summed E-state index contributed by atoms with van der Waals surface area (Å²) >= 11 is 0. The molecule has 82 valence electrons. The SMILES string of the molecule is CCCON(NC(N)=O)c1ccccc1. The van der Waals surface area contributed by atoms with Crippen molar-refractivity contribution in [2.24, 2.45) is 5.73 Å². The maximum Gasteiger partial charge on any atom is 0.332 e. The first-order valence-corrected chi connectivity index (χ1v) is 4.78. The van der Waals surface area contributed by atoms with Crippen molar-refractivity contribution in [3.63, 3.8) is 0 Å². The number of benzene rings is 1. The Bertz CT molecular complexity index is 303. The summed E-state index contributed by atoms with van der Waals surface area (Å²) in [5.74, 6) is 0. The number of nitrogens with two attached hydrogens (primary N) is 1. The van der Waals surface area contributed by atoms with E-state index in [4.69, 9.17) is 10.6 Å². The molecule has 3 N–H and O–H groups in total. The molecular weight excluding hydrogens is 194 g/mol. The fourth-order valence-corrected chi connectivity index (χ4v) is 1.02. The molecule has 0 aliphatic rings. The van der Waals surface area contributed by atoms with Crippen molar-refractivity contribution in [2.45, 2.75) is 13.3 Å². The van der Waals surface area contributed by atoms with Gasteiger partial charge in [-0.25, -0.2) is 10.2 Å².